The van der Waals surface area contributed by atoms with E-state index in [4.69, 9.17) is 9.47 Å². The van der Waals surface area contributed by atoms with E-state index in [0.717, 1.165) is 30.4 Å². The third-order valence-electron chi connectivity index (χ3n) is 5.87. The fraction of sp³-hybridized carbons (Fsp3) is 0.600. The first-order valence-corrected chi connectivity index (χ1v) is 9.26. The second kappa shape index (κ2) is 7.56. The summed E-state index contributed by atoms with van der Waals surface area (Å²) in [5, 5.41) is 9.50. The van der Waals surface area contributed by atoms with Crippen molar-refractivity contribution in [1.82, 2.24) is 4.90 Å². The van der Waals surface area contributed by atoms with Crippen LogP contribution < -0.4 is 9.47 Å². The molecule has 26 heavy (non-hydrogen) atoms. The minimum Gasteiger partial charge on any atom is -0.493 e. The van der Waals surface area contributed by atoms with Crippen LogP contribution in [0.15, 0.2) is 12.1 Å². The molecule has 6 heteroatoms. The van der Waals surface area contributed by atoms with Gasteiger partial charge in [-0.2, -0.15) is 0 Å². The summed E-state index contributed by atoms with van der Waals surface area (Å²) in [6.45, 7) is 2.60. The molecule has 1 aromatic rings. The van der Waals surface area contributed by atoms with Crippen LogP contribution >= 0.6 is 0 Å². The smallest absolute Gasteiger partial charge is 0.307 e. The predicted molar refractivity (Wildman–Crippen MR) is 96.5 cm³/mol. The van der Waals surface area contributed by atoms with Gasteiger partial charge in [-0.05, 0) is 49.4 Å². The van der Waals surface area contributed by atoms with Crippen molar-refractivity contribution in [2.45, 2.75) is 45.1 Å². The number of rotatable bonds is 4. The van der Waals surface area contributed by atoms with Crippen LogP contribution in [0.25, 0.3) is 0 Å². The molecule has 1 aliphatic heterocycles. The Hall–Kier alpha value is -2.24. The molecule has 1 aliphatic carbocycles. The maximum Gasteiger partial charge on any atom is 0.307 e. The van der Waals surface area contributed by atoms with Gasteiger partial charge in [0.05, 0.1) is 32.1 Å². The lowest BCUT2D eigenvalue weighted by Gasteiger charge is -2.39. The molecule has 6 nitrogen and oxygen atoms in total. The highest BCUT2D eigenvalue weighted by Crippen LogP contribution is 2.40. The normalized spacial score (nSPS) is 25.3. The largest absolute Gasteiger partial charge is 0.493 e. The first kappa shape index (κ1) is 18.5. The summed E-state index contributed by atoms with van der Waals surface area (Å²) in [5.41, 5.74) is 2.20. The van der Waals surface area contributed by atoms with Crippen LogP contribution in [0.1, 0.15) is 49.8 Å². The van der Waals surface area contributed by atoms with Crippen LogP contribution in [0, 0.1) is 11.8 Å². The molecule has 1 N–H and O–H groups in total. The summed E-state index contributed by atoms with van der Waals surface area (Å²) in [7, 11) is 3.21. The highest BCUT2D eigenvalue weighted by molar-refractivity contribution is 5.85. The van der Waals surface area contributed by atoms with Crippen molar-refractivity contribution in [3.63, 3.8) is 0 Å². The number of carboxylic acids is 1. The summed E-state index contributed by atoms with van der Waals surface area (Å²) in [6, 6.07) is 3.81. The Bertz CT molecular complexity index is 702. The highest BCUT2D eigenvalue weighted by Gasteiger charge is 2.40. The summed E-state index contributed by atoms with van der Waals surface area (Å²) >= 11 is 0. The summed E-state index contributed by atoms with van der Waals surface area (Å²) in [5.74, 6) is -0.505. The van der Waals surface area contributed by atoms with E-state index in [2.05, 4.69) is 0 Å². The number of carbonyl (C=O) groups is 2. The van der Waals surface area contributed by atoms with Gasteiger partial charge < -0.3 is 19.5 Å². The zero-order chi connectivity index (χ0) is 18.8. The average molecular weight is 361 g/mol. The molecule has 1 amide bonds. The van der Waals surface area contributed by atoms with Crippen LogP contribution in [-0.4, -0.2) is 42.6 Å². The Kier molecular flexibility index (Phi) is 5.39. The van der Waals surface area contributed by atoms with E-state index in [0.29, 0.717) is 30.9 Å². The molecule has 0 radical (unpaired) electrons. The minimum atomic E-state index is -0.848. The van der Waals surface area contributed by atoms with Crippen molar-refractivity contribution in [2.24, 2.45) is 11.8 Å². The van der Waals surface area contributed by atoms with Gasteiger partial charge >= 0.3 is 5.97 Å². The number of ether oxygens (including phenoxy) is 2. The molecule has 1 heterocycles. The Balaban J connectivity index is 1.87. The van der Waals surface area contributed by atoms with Gasteiger partial charge in [-0.15, -0.1) is 0 Å². The van der Waals surface area contributed by atoms with Gasteiger partial charge in [0.25, 0.3) is 0 Å². The number of hydrogen-bond acceptors (Lipinski definition) is 4. The van der Waals surface area contributed by atoms with Crippen molar-refractivity contribution in [3.05, 3.63) is 23.3 Å². The second-order valence-corrected chi connectivity index (χ2v) is 7.20. The molecule has 0 aromatic heterocycles. The van der Waals surface area contributed by atoms with Crippen LogP contribution in [-0.2, 0) is 16.0 Å². The summed E-state index contributed by atoms with van der Waals surface area (Å²) in [4.78, 5) is 26.6. The van der Waals surface area contributed by atoms with E-state index < -0.39 is 17.8 Å². The van der Waals surface area contributed by atoms with Gasteiger partial charge in [0.2, 0.25) is 5.91 Å². The van der Waals surface area contributed by atoms with Gasteiger partial charge in [0, 0.05) is 6.54 Å². The highest BCUT2D eigenvalue weighted by atomic mass is 16.5. The number of amides is 1. The van der Waals surface area contributed by atoms with Crippen molar-refractivity contribution in [2.75, 3.05) is 20.8 Å². The molecule has 142 valence electrons. The van der Waals surface area contributed by atoms with Crippen molar-refractivity contribution >= 4 is 11.9 Å². The lowest BCUT2D eigenvalue weighted by Crippen LogP contribution is -2.46. The molecule has 1 aromatic carbocycles. The second-order valence-electron chi connectivity index (χ2n) is 7.20. The van der Waals surface area contributed by atoms with E-state index in [1.165, 1.54) is 0 Å². The number of benzene rings is 1. The monoisotopic (exact) mass is 361 g/mol. The Morgan fingerprint density at radius 1 is 1.08 bits per heavy atom. The molecule has 1 saturated carbocycles. The maximum absolute atomic E-state index is 13.2. The Morgan fingerprint density at radius 2 is 1.69 bits per heavy atom. The van der Waals surface area contributed by atoms with E-state index in [-0.39, 0.29) is 11.9 Å². The van der Waals surface area contributed by atoms with E-state index in [1.54, 1.807) is 14.2 Å². The molecule has 3 unspecified atom stereocenters. The number of methoxy groups -OCH3 is 2. The van der Waals surface area contributed by atoms with Gasteiger partial charge in [0.1, 0.15) is 0 Å². The molecule has 0 bridgehead atoms. The average Bonchev–Trinajstić information content (AvgIpc) is 2.66. The fourth-order valence-corrected chi connectivity index (χ4v) is 4.38. The summed E-state index contributed by atoms with van der Waals surface area (Å²) in [6.07, 6.45) is 3.80. The van der Waals surface area contributed by atoms with Crippen LogP contribution in [0.3, 0.4) is 0 Å². The number of fused-ring (bicyclic) bond motifs is 1. The molecule has 2 aliphatic rings. The number of hydrogen-bond donors (Lipinski definition) is 1. The standard InChI is InChI=1S/C20H27NO5/c1-12-16-11-18(26-3)17(25-2)10-13(16)8-9-21(12)19(22)14-6-4-5-7-15(14)20(23)24/h10-12,14-15H,4-9H2,1-3H3,(H,23,24). The van der Waals surface area contributed by atoms with Gasteiger partial charge in [-0.1, -0.05) is 12.8 Å². The van der Waals surface area contributed by atoms with Crippen LogP contribution in [0.2, 0.25) is 0 Å². The fourth-order valence-electron chi connectivity index (χ4n) is 4.38. The lowest BCUT2D eigenvalue weighted by atomic mass is 9.77. The lowest BCUT2D eigenvalue weighted by molar-refractivity contribution is -0.153. The SMILES string of the molecule is COc1cc2c(cc1OC)C(C)N(C(=O)C1CCCCC1C(=O)O)CC2. The number of nitrogens with zero attached hydrogens (tertiary/aromatic N) is 1. The zero-order valence-corrected chi connectivity index (χ0v) is 15.7. The topological polar surface area (TPSA) is 76.1 Å². The zero-order valence-electron chi connectivity index (χ0n) is 15.7. The van der Waals surface area contributed by atoms with Gasteiger partial charge in [-0.25, -0.2) is 0 Å². The van der Waals surface area contributed by atoms with Crippen molar-refractivity contribution < 1.29 is 24.2 Å². The quantitative estimate of drug-likeness (QED) is 0.892. The molecule has 1 fully saturated rings. The number of carboxylic acid groups (broad SMARTS) is 1. The van der Waals surface area contributed by atoms with E-state index >= 15 is 0 Å². The van der Waals surface area contributed by atoms with Crippen molar-refractivity contribution in [3.8, 4) is 11.5 Å². The third-order valence-corrected chi connectivity index (χ3v) is 5.87. The first-order valence-electron chi connectivity index (χ1n) is 9.26. The first-order chi connectivity index (χ1) is 12.5. The molecule has 3 atom stereocenters. The van der Waals surface area contributed by atoms with Crippen molar-refractivity contribution in [1.29, 1.82) is 0 Å². The third kappa shape index (κ3) is 3.24. The summed E-state index contributed by atoms with van der Waals surface area (Å²) < 4.78 is 10.8. The maximum atomic E-state index is 13.2. The molecular weight excluding hydrogens is 334 g/mol. The van der Waals surface area contributed by atoms with Crippen LogP contribution in [0.4, 0.5) is 0 Å². The predicted octanol–water partition coefficient (Wildman–Crippen LogP) is 3.04. The Labute approximate surface area is 154 Å². The van der Waals surface area contributed by atoms with Gasteiger partial charge in [-0.3, -0.25) is 9.59 Å². The van der Waals surface area contributed by atoms with E-state index in [9.17, 15) is 14.7 Å². The number of aliphatic carboxylic acids is 1. The molecule has 0 spiro atoms. The molecule has 0 saturated heterocycles. The molecular formula is C20H27NO5. The molecule has 3 rings (SSSR count). The Morgan fingerprint density at radius 3 is 2.31 bits per heavy atom. The number of carbonyl (C=O) groups excluding carboxylic acids is 1. The van der Waals surface area contributed by atoms with Gasteiger partial charge in [0.15, 0.2) is 11.5 Å². The van der Waals surface area contributed by atoms with Crippen LogP contribution in [0.5, 0.6) is 11.5 Å². The minimum absolute atomic E-state index is 0.0231. The van der Waals surface area contributed by atoms with E-state index in [1.807, 2.05) is 24.0 Å².